The summed E-state index contributed by atoms with van der Waals surface area (Å²) in [4.78, 5) is 17.0. The quantitative estimate of drug-likeness (QED) is 0.528. The van der Waals surface area contributed by atoms with Crippen LogP contribution in [0.4, 0.5) is 27.6 Å². The molecule has 2 aromatic rings. The highest BCUT2D eigenvalue weighted by molar-refractivity contribution is 7.91. The van der Waals surface area contributed by atoms with E-state index in [1.54, 1.807) is 0 Å². The fourth-order valence-corrected chi connectivity index (χ4v) is 4.65. The number of alkyl halides is 3. The monoisotopic (exact) mass is 521 g/mol. The average molecular weight is 522 g/mol. The van der Waals surface area contributed by atoms with Crippen LogP contribution in [0.25, 0.3) is 0 Å². The first-order valence-electron chi connectivity index (χ1n) is 10.5. The van der Waals surface area contributed by atoms with Gasteiger partial charge in [-0.1, -0.05) is 13.0 Å². The van der Waals surface area contributed by atoms with Crippen LogP contribution in [0.2, 0.25) is 0 Å². The smallest absolute Gasteiger partial charge is 0.417 e. The van der Waals surface area contributed by atoms with Gasteiger partial charge in [-0.05, 0) is 32.0 Å². The summed E-state index contributed by atoms with van der Waals surface area (Å²) in [6.45, 7) is 3.38. The first-order valence-corrected chi connectivity index (χ1v) is 12.4. The number of hydrogen-bond donors (Lipinski definition) is 2. The molecule has 2 N–H and O–H groups in total. The Morgan fingerprint density at radius 2 is 1.97 bits per heavy atom. The van der Waals surface area contributed by atoms with E-state index in [2.05, 4.69) is 10.3 Å². The van der Waals surface area contributed by atoms with Crippen molar-refractivity contribution in [3.05, 3.63) is 47.7 Å². The first kappa shape index (κ1) is 26.8. The van der Waals surface area contributed by atoms with Gasteiger partial charge in [-0.3, -0.25) is 4.79 Å². The zero-order chi connectivity index (χ0) is 26.3. The van der Waals surface area contributed by atoms with E-state index in [1.165, 1.54) is 26.1 Å². The molecular weight excluding hydrogens is 497 g/mol. The van der Waals surface area contributed by atoms with E-state index in [1.807, 2.05) is 0 Å². The molecular formula is C22H24F5N3O4S. The Labute approximate surface area is 199 Å². The molecule has 35 heavy (non-hydrogen) atoms. The van der Waals surface area contributed by atoms with Crippen LogP contribution in [-0.4, -0.2) is 45.8 Å². The summed E-state index contributed by atoms with van der Waals surface area (Å²) in [6, 6.07) is 4.28. The Kier molecular flexibility index (Phi) is 7.15. The van der Waals surface area contributed by atoms with Crippen molar-refractivity contribution in [3.63, 3.8) is 0 Å². The summed E-state index contributed by atoms with van der Waals surface area (Å²) < 4.78 is 101. The number of carbonyl (C=O) groups excluding carboxylic acids is 1. The third-order valence-corrected chi connectivity index (χ3v) is 7.08. The molecule has 0 bridgehead atoms. The molecule has 0 spiro atoms. The number of nitrogens with zero attached hydrogens (tertiary/aromatic N) is 1. The van der Waals surface area contributed by atoms with E-state index in [0.717, 1.165) is 31.4 Å². The molecule has 1 aromatic heterocycles. The molecule has 3 rings (SSSR count). The van der Waals surface area contributed by atoms with E-state index >= 15 is 0 Å². The third kappa shape index (κ3) is 4.96. The molecule has 0 aliphatic carbocycles. The minimum absolute atomic E-state index is 0.0211. The van der Waals surface area contributed by atoms with Crippen molar-refractivity contribution in [2.75, 3.05) is 18.2 Å². The molecule has 2 heterocycles. The van der Waals surface area contributed by atoms with E-state index < -0.39 is 62.7 Å². The second kappa shape index (κ2) is 9.34. The summed E-state index contributed by atoms with van der Waals surface area (Å²) in [6.07, 6.45) is -4.38. The minimum Gasteiger partial charge on any atom is -0.490 e. The highest BCUT2D eigenvalue weighted by atomic mass is 32.2. The van der Waals surface area contributed by atoms with Gasteiger partial charge in [0.15, 0.2) is 17.2 Å². The number of pyridine rings is 1. The predicted molar refractivity (Wildman–Crippen MR) is 117 cm³/mol. The third-order valence-electron chi connectivity index (χ3n) is 6.06. The number of benzene rings is 1. The van der Waals surface area contributed by atoms with Crippen molar-refractivity contribution in [2.24, 2.45) is 5.92 Å². The van der Waals surface area contributed by atoms with E-state index in [4.69, 9.17) is 14.3 Å². The summed E-state index contributed by atoms with van der Waals surface area (Å²) in [5, 5.41) is 2.25. The number of hydrogen-bond acceptors (Lipinski definition) is 6. The van der Waals surface area contributed by atoms with Gasteiger partial charge in [0.25, 0.3) is 5.91 Å². The predicted octanol–water partition coefficient (Wildman–Crippen LogP) is 4.87. The molecule has 7 nitrogen and oxygen atoms in total. The Balaban J connectivity index is 2.10. The molecule has 1 amide bonds. The lowest BCUT2D eigenvalue weighted by atomic mass is 9.77. The second-order valence-corrected chi connectivity index (χ2v) is 10.5. The van der Waals surface area contributed by atoms with Crippen molar-refractivity contribution in [1.29, 1.82) is 4.78 Å². The van der Waals surface area contributed by atoms with Crippen molar-refractivity contribution in [2.45, 2.75) is 49.6 Å². The van der Waals surface area contributed by atoms with Gasteiger partial charge < -0.3 is 14.8 Å². The standard InChI is InChI=1S/C22H24F5N3O4S/c1-5-33-18-13(6-7-14(23)17(18)24)16-11(2)21(3,22(25,26)27)34-19(16)20(31)30-12-8-9-29-15(10-12)35(4,28)32/h6-11,16,19,28H,5H2,1-4H3,(H,29,30,31)/t11-,16-,19+,21+,35?/m0/s1. The second-order valence-electron chi connectivity index (χ2n) is 8.39. The molecule has 0 saturated carbocycles. The summed E-state index contributed by atoms with van der Waals surface area (Å²) in [5.41, 5.74) is -2.92. The fraction of sp³-hybridized carbons (Fsp3) is 0.455. The Bertz CT molecular complexity index is 1240. The zero-order valence-electron chi connectivity index (χ0n) is 19.2. The average Bonchev–Trinajstić information content (AvgIpc) is 3.03. The minimum atomic E-state index is -4.90. The van der Waals surface area contributed by atoms with Crippen molar-refractivity contribution < 1.29 is 40.4 Å². The molecule has 1 aromatic carbocycles. The van der Waals surface area contributed by atoms with Gasteiger partial charge in [0.1, 0.15) is 11.1 Å². The molecule has 1 fully saturated rings. The van der Waals surface area contributed by atoms with Gasteiger partial charge in [-0.15, -0.1) is 0 Å². The first-order chi connectivity index (χ1) is 16.1. The lowest BCUT2D eigenvalue weighted by Gasteiger charge is -2.32. The molecule has 5 atom stereocenters. The number of aromatic nitrogens is 1. The van der Waals surface area contributed by atoms with Crippen molar-refractivity contribution in [1.82, 2.24) is 4.98 Å². The van der Waals surface area contributed by atoms with Gasteiger partial charge in [-0.25, -0.2) is 18.4 Å². The molecule has 13 heteroatoms. The summed E-state index contributed by atoms with van der Waals surface area (Å²) in [7, 11) is -3.24. The van der Waals surface area contributed by atoms with E-state index in [0.29, 0.717) is 0 Å². The van der Waals surface area contributed by atoms with Gasteiger partial charge >= 0.3 is 6.18 Å². The van der Waals surface area contributed by atoms with Crippen LogP contribution in [0.15, 0.2) is 35.5 Å². The SMILES string of the molecule is CCOc1c([C@H]2[C@H](C(=O)Nc3ccnc(S(C)(=N)=O)c3)O[C@@](C)(C(F)(F)F)[C@H]2C)ccc(F)c1F. The largest absolute Gasteiger partial charge is 0.490 e. The maximum absolute atomic E-state index is 14.6. The number of halogens is 5. The number of rotatable bonds is 6. The van der Waals surface area contributed by atoms with E-state index in [-0.39, 0.29) is 22.9 Å². The van der Waals surface area contributed by atoms with Gasteiger partial charge in [0.2, 0.25) is 5.82 Å². The van der Waals surface area contributed by atoms with Crippen LogP contribution in [0, 0.1) is 22.3 Å². The van der Waals surface area contributed by atoms with Crippen LogP contribution in [0.1, 0.15) is 32.3 Å². The Hall–Kier alpha value is -2.80. The highest BCUT2D eigenvalue weighted by Gasteiger charge is 2.65. The van der Waals surface area contributed by atoms with Crippen molar-refractivity contribution in [3.8, 4) is 5.75 Å². The molecule has 1 saturated heterocycles. The van der Waals surface area contributed by atoms with Crippen molar-refractivity contribution >= 4 is 21.3 Å². The number of anilines is 1. The molecule has 0 radical (unpaired) electrons. The van der Waals surface area contributed by atoms with Gasteiger partial charge in [0.05, 0.1) is 16.3 Å². The zero-order valence-corrected chi connectivity index (χ0v) is 20.0. The summed E-state index contributed by atoms with van der Waals surface area (Å²) in [5.74, 6) is -7.02. The Morgan fingerprint density at radius 1 is 1.31 bits per heavy atom. The van der Waals surface area contributed by atoms with Crippen LogP contribution >= 0.6 is 0 Å². The number of ether oxygens (including phenoxy) is 2. The van der Waals surface area contributed by atoms with Gasteiger partial charge in [0, 0.05) is 35.5 Å². The molecule has 192 valence electrons. The van der Waals surface area contributed by atoms with Crippen LogP contribution in [0.5, 0.6) is 5.75 Å². The van der Waals surface area contributed by atoms with E-state index in [9.17, 15) is 31.0 Å². The number of nitrogens with one attached hydrogen (secondary N) is 2. The van der Waals surface area contributed by atoms with Crippen LogP contribution < -0.4 is 10.1 Å². The lowest BCUT2D eigenvalue weighted by molar-refractivity contribution is -0.272. The van der Waals surface area contributed by atoms with Crippen LogP contribution in [-0.2, 0) is 19.3 Å². The molecule has 1 unspecified atom stereocenters. The lowest BCUT2D eigenvalue weighted by Crippen LogP contribution is -2.47. The summed E-state index contributed by atoms with van der Waals surface area (Å²) >= 11 is 0. The normalized spacial score (nSPS) is 26.3. The maximum Gasteiger partial charge on any atom is 0.417 e. The number of carbonyl (C=O) groups is 1. The topological polar surface area (TPSA) is 101 Å². The Morgan fingerprint density at radius 3 is 2.54 bits per heavy atom. The molecule has 1 aliphatic rings. The molecule has 1 aliphatic heterocycles. The highest BCUT2D eigenvalue weighted by Crippen LogP contribution is 2.55. The number of amides is 1. The van der Waals surface area contributed by atoms with Crippen LogP contribution in [0.3, 0.4) is 0 Å². The maximum atomic E-state index is 14.6. The van der Waals surface area contributed by atoms with Gasteiger partial charge in [-0.2, -0.15) is 17.6 Å². The fourth-order valence-electron chi connectivity index (χ4n) is 4.04.